The normalized spacial score (nSPS) is 11.8. The molecule has 0 aliphatic carbocycles. The highest BCUT2D eigenvalue weighted by molar-refractivity contribution is 5.88. The van der Waals surface area contributed by atoms with Crippen LogP contribution >= 0.6 is 0 Å². The number of methoxy groups -OCH3 is 1. The molecule has 0 aromatic heterocycles. The van der Waals surface area contributed by atoms with Crippen molar-refractivity contribution in [1.29, 1.82) is 0 Å². The summed E-state index contributed by atoms with van der Waals surface area (Å²) in [4.78, 5) is 0. The summed E-state index contributed by atoms with van der Waals surface area (Å²) >= 11 is 0. The minimum Gasteiger partial charge on any atom is -0.497 e. The van der Waals surface area contributed by atoms with Crippen LogP contribution in [-0.4, -0.2) is 7.11 Å². The summed E-state index contributed by atoms with van der Waals surface area (Å²) in [5, 5.41) is 0.790. The molecule has 0 radical (unpaired) electrons. The minimum absolute atomic E-state index is 0.0457. The third-order valence-corrected chi connectivity index (χ3v) is 3.71. The molecule has 0 unspecified atom stereocenters. The SMILES string of the molecule is COc1cc(F)c(-c2ccc3cc(C(F)(F)F)ccc3c2)c(F)c1. The van der Waals surface area contributed by atoms with Gasteiger partial charge in [-0.05, 0) is 34.5 Å². The smallest absolute Gasteiger partial charge is 0.416 e. The van der Waals surface area contributed by atoms with E-state index in [1.54, 1.807) is 0 Å². The van der Waals surface area contributed by atoms with Gasteiger partial charge in [-0.25, -0.2) is 8.78 Å². The monoisotopic (exact) mass is 338 g/mol. The number of ether oxygens (including phenoxy) is 1. The van der Waals surface area contributed by atoms with E-state index in [-0.39, 0.29) is 16.9 Å². The molecule has 0 atom stereocenters. The second kappa shape index (κ2) is 5.78. The van der Waals surface area contributed by atoms with Crippen LogP contribution in [0.25, 0.3) is 21.9 Å². The Labute approximate surface area is 134 Å². The highest BCUT2D eigenvalue weighted by Gasteiger charge is 2.30. The fourth-order valence-corrected chi connectivity index (χ4v) is 2.52. The second-order valence-corrected chi connectivity index (χ2v) is 5.24. The average molecular weight is 338 g/mol. The number of hydrogen-bond donors (Lipinski definition) is 0. The first kappa shape index (κ1) is 16.2. The lowest BCUT2D eigenvalue weighted by molar-refractivity contribution is -0.137. The summed E-state index contributed by atoms with van der Waals surface area (Å²) in [7, 11) is 1.29. The van der Waals surface area contributed by atoms with E-state index in [4.69, 9.17) is 4.74 Å². The first-order valence-electron chi connectivity index (χ1n) is 6.94. The number of rotatable bonds is 2. The second-order valence-electron chi connectivity index (χ2n) is 5.24. The Morgan fingerprint density at radius 2 is 1.38 bits per heavy atom. The number of halogens is 5. The number of alkyl halides is 3. The Bertz CT molecular complexity index is 892. The van der Waals surface area contributed by atoms with Gasteiger partial charge in [0.15, 0.2) is 0 Å². The van der Waals surface area contributed by atoms with E-state index in [0.717, 1.165) is 24.3 Å². The topological polar surface area (TPSA) is 9.23 Å². The van der Waals surface area contributed by atoms with Crippen molar-refractivity contribution >= 4 is 10.8 Å². The standard InChI is InChI=1S/C18H11F5O/c1-24-14-8-15(19)17(16(20)9-14)12-3-2-11-7-13(18(21,22)23)5-4-10(11)6-12/h2-9H,1H3. The van der Waals surface area contributed by atoms with Gasteiger partial charge in [0.2, 0.25) is 0 Å². The Hall–Kier alpha value is -2.63. The van der Waals surface area contributed by atoms with Crippen molar-refractivity contribution in [2.24, 2.45) is 0 Å². The van der Waals surface area contributed by atoms with E-state index >= 15 is 0 Å². The molecule has 0 heterocycles. The number of fused-ring (bicyclic) bond motifs is 1. The first-order valence-corrected chi connectivity index (χ1v) is 6.94. The van der Waals surface area contributed by atoms with Crippen LogP contribution in [0.4, 0.5) is 22.0 Å². The summed E-state index contributed by atoms with van der Waals surface area (Å²) in [6.45, 7) is 0. The molecular formula is C18H11F5O. The van der Waals surface area contributed by atoms with Crippen molar-refractivity contribution < 1.29 is 26.7 Å². The van der Waals surface area contributed by atoms with Crippen LogP contribution in [0, 0.1) is 11.6 Å². The number of benzene rings is 3. The van der Waals surface area contributed by atoms with Crippen molar-refractivity contribution in [2.45, 2.75) is 6.18 Å². The Morgan fingerprint density at radius 1 is 0.792 bits per heavy atom. The molecule has 0 amide bonds. The summed E-state index contributed by atoms with van der Waals surface area (Å²) in [5.41, 5.74) is -0.790. The quantitative estimate of drug-likeness (QED) is 0.536. The Kier molecular flexibility index (Phi) is 3.91. The molecule has 3 aromatic carbocycles. The molecule has 6 heteroatoms. The first-order chi connectivity index (χ1) is 11.3. The van der Waals surface area contributed by atoms with Gasteiger partial charge in [-0.1, -0.05) is 18.2 Å². The van der Waals surface area contributed by atoms with Crippen LogP contribution in [0.3, 0.4) is 0 Å². The third kappa shape index (κ3) is 2.91. The van der Waals surface area contributed by atoms with Gasteiger partial charge in [-0.2, -0.15) is 13.2 Å². The van der Waals surface area contributed by atoms with Gasteiger partial charge in [0, 0.05) is 12.1 Å². The molecule has 3 rings (SSSR count). The van der Waals surface area contributed by atoms with Crippen molar-refractivity contribution in [1.82, 2.24) is 0 Å². The molecule has 124 valence electrons. The third-order valence-electron chi connectivity index (χ3n) is 3.71. The van der Waals surface area contributed by atoms with Crippen molar-refractivity contribution in [3.63, 3.8) is 0 Å². The molecule has 0 bridgehead atoms. The predicted octanol–water partition coefficient (Wildman–Crippen LogP) is 5.81. The lowest BCUT2D eigenvalue weighted by Crippen LogP contribution is -2.04. The molecule has 0 aliphatic rings. The molecule has 0 aliphatic heterocycles. The van der Waals surface area contributed by atoms with Gasteiger partial charge in [-0.15, -0.1) is 0 Å². The molecule has 24 heavy (non-hydrogen) atoms. The van der Waals surface area contributed by atoms with Crippen molar-refractivity contribution in [3.05, 3.63) is 65.7 Å². The predicted molar refractivity (Wildman–Crippen MR) is 80.9 cm³/mol. The highest BCUT2D eigenvalue weighted by Crippen LogP contribution is 2.34. The molecular weight excluding hydrogens is 327 g/mol. The van der Waals surface area contributed by atoms with Crippen LogP contribution in [0.2, 0.25) is 0 Å². The molecule has 1 nitrogen and oxygen atoms in total. The van der Waals surface area contributed by atoms with Crippen molar-refractivity contribution in [3.8, 4) is 16.9 Å². The van der Waals surface area contributed by atoms with Gasteiger partial charge in [0.05, 0.1) is 18.2 Å². The zero-order valence-corrected chi connectivity index (χ0v) is 12.4. The summed E-state index contributed by atoms with van der Waals surface area (Å²) in [5.74, 6) is -1.57. The lowest BCUT2D eigenvalue weighted by atomic mass is 9.99. The van der Waals surface area contributed by atoms with Crippen LogP contribution in [0.15, 0.2) is 48.5 Å². The number of hydrogen-bond acceptors (Lipinski definition) is 1. The molecule has 3 aromatic rings. The van der Waals surface area contributed by atoms with Crippen LogP contribution in [-0.2, 0) is 6.18 Å². The lowest BCUT2D eigenvalue weighted by Gasteiger charge is -2.11. The van der Waals surface area contributed by atoms with Gasteiger partial charge >= 0.3 is 6.18 Å². The van der Waals surface area contributed by atoms with Crippen LogP contribution in [0.1, 0.15) is 5.56 Å². The van der Waals surface area contributed by atoms with Gasteiger partial charge in [0.1, 0.15) is 17.4 Å². The minimum atomic E-state index is -4.44. The Morgan fingerprint density at radius 3 is 1.96 bits per heavy atom. The van der Waals surface area contributed by atoms with Gasteiger partial charge in [0.25, 0.3) is 0 Å². The fraction of sp³-hybridized carbons (Fsp3) is 0.111. The molecule has 0 fully saturated rings. The maximum atomic E-state index is 14.1. The summed E-state index contributed by atoms with van der Waals surface area (Å²) < 4.78 is 71.2. The molecule has 0 N–H and O–H groups in total. The highest BCUT2D eigenvalue weighted by atomic mass is 19.4. The van der Waals surface area contributed by atoms with E-state index in [1.165, 1.54) is 31.4 Å². The Balaban J connectivity index is 2.12. The van der Waals surface area contributed by atoms with E-state index in [2.05, 4.69) is 0 Å². The van der Waals surface area contributed by atoms with E-state index in [1.807, 2.05) is 0 Å². The zero-order valence-electron chi connectivity index (χ0n) is 12.4. The summed E-state index contributed by atoms with van der Waals surface area (Å²) in [6.07, 6.45) is -4.44. The van der Waals surface area contributed by atoms with Crippen molar-refractivity contribution in [2.75, 3.05) is 7.11 Å². The van der Waals surface area contributed by atoms with Gasteiger partial charge < -0.3 is 4.74 Å². The van der Waals surface area contributed by atoms with E-state index < -0.39 is 23.4 Å². The summed E-state index contributed by atoms with van der Waals surface area (Å²) in [6, 6.07) is 9.56. The zero-order chi connectivity index (χ0) is 17.5. The maximum absolute atomic E-state index is 14.1. The fourth-order valence-electron chi connectivity index (χ4n) is 2.52. The average Bonchev–Trinajstić information content (AvgIpc) is 2.52. The maximum Gasteiger partial charge on any atom is 0.416 e. The van der Waals surface area contributed by atoms with Crippen LogP contribution in [0.5, 0.6) is 5.75 Å². The largest absolute Gasteiger partial charge is 0.497 e. The van der Waals surface area contributed by atoms with E-state index in [9.17, 15) is 22.0 Å². The molecule has 0 saturated heterocycles. The molecule has 0 spiro atoms. The van der Waals surface area contributed by atoms with Crippen LogP contribution < -0.4 is 4.74 Å². The van der Waals surface area contributed by atoms with Gasteiger partial charge in [-0.3, -0.25) is 0 Å². The molecule has 0 saturated carbocycles. The van der Waals surface area contributed by atoms with E-state index in [0.29, 0.717) is 10.8 Å².